The minimum absolute atomic E-state index is 0.0323. The summed E-state index contributed by atoms with van der Waals surface area (Å²) in [6, 6.07) is 10.6. The highest BCUT2D eigenvalue weighted by atomic mass is 35.5. The normalized spacial score (nSPS) is 11.9. The number of pyridine rings is 1. The van der Waals surface area contributed by atoms with E-state index in [1.807, 2.05) is 12.1 Å². The molecule has 2 heterocycles. The van der Waals surface area contributed by atoms with E-state index in [2.05, 4.69) is 15.3 Å². The van der Waals surface area contributed by atoms with Crippen molar-refractivity contribution in [2.45, 2.75) is 19.1 Å². The number of benzene rings is 2. The van der Waals surface area contributed by atoms with Crippen LogP contribution in [0.1, 0.15) is 5.56 Å². The number of rotatable bonds is 10. The molecule has 0 spiro atoms. The second-order valence-corrected chi connectivity index (χ2v) is 9.24. The summed E-state index contributed by atoms with van der Waals surface area (Å²) in [7, 11) is 2.92. The van der Waals surface area contributed by atoms with E-state index in [4.69, 9.17) is 43.5 Å². The van der Waals surface area contributed by atoms with Gasteiger partial charge in [0, 0.05) is 42.0 Å². The fraction of sp³-hybridized carbons (Fsp3) is 0.269. The highest BCUT2D eigenvalue weighted by Gasteiger charge is 2.23. The zero-order chi connectivity index (χ0) is 27.4. The standard InChI is InChI=1S/C26H27Cl2N5O5/c1-37-19-10-20(38-2)23(28)21(22(19)27)18-9-15-11-30-26(31-12-17(35)13-34)32-24(15)33(25(18)36)8-7-14-3-5-16(29)6-4-14/h3-6,9-11,17,34-35H,7-8,12-13,29H2,1-2H3,(H,30,31,32). The van der Waals surface area contributed by atoms with Gasteiger partial charge in [-0.25, -0.2) is 4.98 Å². The minimum Gasteiger partial charge on any atom is -0.495 e. The molecule has 0 fully saturated rings. The molecule has 2 aromatic carbocycles. The summed E-state index contributed by atoms with van der Waals surface area (Å²) in [6.07, 6.45) is 1.08. The number of methoxy groups -OCH3 is 2. The number of aliphatic hydroxyl groups excluding tert-OH is 2. The number of nitrogen functional groups attached to an aromatic ring is 1. The van der Waals surface area contributed by atoms with Gasteiger partial charge >= 0.3 is 0 Å². The molecule has 0 radical (unpaired) electrons. The van der Waals surface area contributed by atoms with Crippen LogP contribution in [0.5, 0.6) is 11.5 Å². The number of aliphatic hydroxyl groups is 2. The van der Waals surface area contributed by atoms with Crippen LogP contribution in [0.3, 0.4) is 0 Å². The average Bonchev–Trinajstić information content (AvgIpc) is 2.92. The number of nitrogens with zero attached hydrogens (tertiary/aromatic N) is 3. The molecule has 0 saturated carbocycles. The van der Waals surface area contributed by atoms with Gasteiger partial charge in [-0.2, -0.15) is 4.98 Å². The summed E-state index contributed by atoms with van der Waals surface area (Å²) in [6.45, 7) is -0.106. The van der Waals surface area contributed by atoms with Crippen LogP contribution in [0, 0.1) is 0 Å². The third kappa shape index (κ3) is 5.63. The number of anilines is 2. The molecule has 1 unspecified atom stereocenters. The number of nitrogens with two attached hydrogens (primary N) is 1. The molecule has 0 aliphatic heterocycles. The van der Waals surface area contributed by atoms with Gasteiger partial charge in [-0.15, -0.1) is 0 Å². The summed E-state index contributed by atoms with van der Waals surface area (Å²) in [4.78, 5) is 22.8. The second kappa shape index (κ2) is 11.9. The van der Waals surface area contributed by atoms with Crippen LogP contribution in [0.2, 0.25) is 10.0 Å². The van der Waals surface area contributed by atoms with Crippen molar-refractivity contribution in [3.8, 4) is 22.6 Å². The number of aromatic nitrogens is 3. The summed E-state index contributed by atoms with van der Waals surface area (Å²) in [5.41, 5.74) is 7.91. The Morgan fingerprint density at radius 1 is 1.11 bits per heavy atom. The van der Waals surface area contributed by atoms with E-state index in [0.717, 1.165) is 5.56 Å². The molecule has 4 rings (SSSR count). The largest absolute Gasteiger partial charge is 0.495 e. The molecule has 0 aliphatic carbocycles. The zero-order valence-electron chi connectivity index (χ0n) is 20.7. The quantitative estimate of drug-likeness (QED) is 0.215. The van der Waals surface area contributed by atoms with E-state index < -0.39 is 12.7 Å². The number of ether oxygens (including phenoxy) is 2. The maximum absolute atomic E-state index is 14.0. The van der Waals surface area contributed by atoms with Crippen molar-refractivity contribution < 1.29 is 19.7 Å². The van der Waals surface area contributed by atoms with Crippen molar-refractivity contribution >= 4 is 45.9 Å². The van der Waals surface area contributed by atoms with Gasteiger partial charge in [-0.1, -0.05) is 35.3 Å². The van der Waals surface area contributed by atoms with Crippen molar-refractivity contribution in [1.29, 1.82) is 0 Å². The first-order chi connectivity index (χ1) is 18.3. The number of halogens is 2. The Morgan fingerprint density at radius 3 is 2.37 bits per heavy atom. The van der Waals surface area contributed by atoms with Gasteiger partial charge in [0.15, 0.2) is 0 Å². The molecule has 10 nitrogen and oxygen atoms in total. The van der Waals surface area contributed by atoms with E-state index in [0.29, 0.717) is 34.6 Å². The number of aryl methyl sites for hydroxylation is 2. The van der Waals surface area contributed by atoms with Crippen LogP contribution < -0.4 is 26.1 Å². The second-order valence-electron chi connectivity index (χ2n) is 8.48. The van der Waals surface area contributed by atoms with Gasteiger partial charge in [0.1, 0.15) is 17.1 Å². The lowest BCUT2D eigenvalue weighted by atomic mass is 10.0. The first kappa shape index (κ1) is 27.5. The van der Waals surface area contributed by atoms with Crippen molar-refractivity contribution in [2.75, 3.05) is 38.4 Å². The average molecular weight is 560 g/mol. The first-order valence-corrected chi connectivity index (χ1v) is 12.4. The summed E-state index contributed by atoms with van der Waals surface area (Å²) in [5.74, 6) is 0.792. The number of nitrogens with one attached hydrogen (secondary N) is 1. The van der Waals surface area contributed by atoms with E-state index in [9.17, 15) is 9.90 Å². The molecule has 0 bridgehead atoms. The van der Waals surface area contributed by atoms with Crippen LogP contribution in [0.4, 0.5) is 11.6 Å². The third-order valence-corrected chi connectivity index (χ3v) is 6.73. The zero-order valence-corrected chi connectivity index (χ0v) is 22.3. The van der Waals surface area contributed by atoms with Crippen molar-refractivity contribution in [1.82, 2.24) is 14.5 Å². The summed E-state index contributed by atoms with van der Waals surface area (Å²) in [5, 5.41) is 22.5. The Balaban J connectivity index is 1.90. The van der Waals surface area contributed by atoms with Crippen LogP contribution >= 0.6 is 23.2 Å². The lowest BCUT2D eigenvalue weighted by Gasteiger charge is -2.17. The maximum Gasteiger partial charge on any atom is 0.260 e. The number of fused-ring (bicyclic) bond motifs is 1. The van der Waals surface area contributed by atoms with E-state index >= 15 is 0 Å². The molecule has 200 valence electrons. The lowest BCUT2D eigenvalue weighted by molar-refractivity contribution is 0.105. The lowest BCUT2D eigenvalue weighted by Crippen LogP contribution is -2.26. The molecule has 5 N–H and O–H groups in total. The third-order valence-electron chi connectivity index (χ3n) is 5.98. The molecule has 0 saturated heterocycles. The fourth-order valence-electron chi connectivity index (χ4n) is 3.95. The van der Waals surface area contributed by atoms with E-state index in [-0.39, 0.29) is 45.8 Å². The van der Waals surface area contributed by atoms with Crippen molar-refractivity contribution in [3.63, 3.8) is 0 Å². The molecule has 1 atom stereocenters. The molecule has 2 aromatic heterocycles. The molecular weight excluding hydrogens is 533 g/mol. The Kier molecular flexibility index (Phi) is 8.58. The predicted molar refractivity (Wildman–Crippen MR) is 148 cm³/mol. The Hall–Kier alpha value is -3.57. The fourth-order valence-corrected chi connectivity index (χ4v) is 4.66. The Bertz CT molecular complexity index is 1480. The first-order valence-electron chi connectivity index (χ1n) is 11.7. The van der Waals surface area contributed by atoms with E-state index in [1.165, 1.54) is 18.8 Å². The van der Waals surface area contributed by atoms with Gasteiger partial charge < -0.3 is 30.7 Å². The number of hydrogen-bond acceptors (Lipinski definition) is 9. The minimum atomic E-state index is -0.989. The van der Waals surface area contributed by atoms with Gasteiger partial charge in [0.25, 0.3) is 5.56 Å². The summed E-state index contributed by atoms with van der Waals surface area (Å²) < 4.78 is 12.3. The highest BCUT2D eigenvalue weighted by molar-refractivity contribution is 6.41. The maximum atomic E-state index is 14.0. The molecule has 0 amide bonds. The monoisotopic (exact) mass is 559 g/mol. The van der Waals surface area contributed by atoms with Crippen LogP contribution in [0.25, 0.3) is 22.2 Å². The molecular formula is C26H27Cl2N5O5. The molecule has 12 heteroatoms. The van der Waals surface area contributed by atoms with Crippen LogP contribution in [-0.4, -0.2) is 58.2 Å². The molecule has 4 aromatic rings. The number of hydrogen-bond donors (Lipinski definition) is 4. The SMILES string of the molecule is COc1cc(OC)c(Cl)c(-c2cc3cnc(NCC(O)CO)nc3n(CCc3ccc(N)cc3)c2=O)c1Cl. The summed E-state index contributed by atoms with van der Waals surface area (Å²) >= 11 is 13.3. The van der Waals surface area contributed by atoms with Crippen LogP contribution in [0.15, 0.2) is 47.4 Å². The van der Waals surface area contributed by atoms with E-state index in [1.54, 1.807) is 30.5 Å². The van der Waals surface area contributed by atoms with Gasteiger partial charge in [-0.3, -0.25) is 9.36 Å². The smallest absolute Gasteiger partial charge is 0.260 e. The van der Waals surface area contributed by atoms with Crippen molar-refractivity contribution in [2.24, 2.45) is 0 Å². The predicted octanol–water partition coefficient (Wildman–Crippen LogP) is 3.37. The van der Waals surface area contributed by atoms with Gasteiger partial charge in [-0.05, 0) is 30.2 Å². The molecule has 38 heavy (non-hydrogen) atoms. The Morgan fingerprint density at radius 2 is 1.76 bits per heavy atom. The van der Waals surface area contributed by atoms with Gasteiger partial charge in [0.05, 0.1) is 42.5 Å². The Labute approximate surface area is 228 Å². The highest BCUT2D eigenvalue weighted by Crippen LogP contribution is 2.45. The topological polar surface area (TPSA) is 145 Å². The molecule has 0 aliphatic rings. The van der Waals surface area contributed by atoms with Crippen LogP contribution in [-0.2, 0) is 13.0 Å². The van der Waals surface area contributed by atoms with Crippen molar-refractivity contribution in [3.05, 3.63) is 68.6 Å². The van der Waals surface area contributed by atoms with Gasteiger partial charge in [0.2, 0.25) is 5.95 Å².